The molecule has 0 radical (unpaired) electrons. The Morgan fingerprint density at radius 2 is 2.06 bits per heavy atom. The third-order valence-electron chi connectivity index (χ3n) is 3.56. The lowest BCUT2D eigenvalue weighted by Gasteiger charge is -2.24. The third kappa shape index (κ3) is 3.24. The Balaban J connectivity index is 0.00000162. The SMILES string of the molecule is CC(NC(=O)C1(C)CCNC1)c1ccccc1.Cl. The molecule has 1 amide bonds. The Morgan fingerprint density at radius 1 is 1.39 bits per heavy atom. The summed E-state index contributed by atoms with van der Waals surface area (Å²) in [7, 11) is 0. The maximum atomic E-state index is 12.2. The van der Waals surface area contributed by atoms with Gasteiger partial charge in [-0.25, -0.2) is 0 Å². The number of benzene rings is 1. The summed E-state index contributed by atoms with van der Waals surface area (Å²) < 4.78 is 0. The molecule has 2 rings (SSSR count). The average molecular weight is 269 g/mol. The fourth-order valence-electron chi connectivity index (χ4n) is 2.21. The Bertz CT molecular complexity index is 388. The number of nitrogens with one attached hydrogen (secondary N) is 2. The van der Waals surface area contributed by atoms with Gasteiger partial charge in [0.2, 0.25) is 5.91 Å². The third-order valence-corrected chi connectivity index (χ3v) is 3.56. The van der Waals surface area contributed by atoms with Crippen LogP contribution in [-0.4, -0.2) is 19.0 Å². The Hall–Kier alpha value is -1.06. The van der Waals surface area contributed by atoms with Gasteiger partial charge >= 0.3 is 0 Å². The highest BCUT2D eigenvalue weighted by molar-refractivity contribution is 5.85. The Morgan fingerprint density at radius 3 is 2.61 bits per heavy atom. The zero-order valence-electron chi connectivity index (χ0n) is 10.9. The van der Waals surface area contributed by atoms with Crippen LogP contribution in [-0.2, 0) is 4.79 Å². The van der Waals surface area contributed by atoms with E-state index in [2.05, 4.69) is 10.6 Å². The standard InChI is InChI=1S/C14H20N2O.ClH/c1-11(12-6-4-3-5-7-12)16-13(17)14(2)8-9-15-10-14;/h3-7,11,15H,8-10H2,1-2H3,(H,16,17);1H. The molecular formula is C14H21ClN2O. The van der Waals surface area contributed by atoms with E-state index >= 15 is 0 Å². The van der Waals surface area contributed by atoms with Crippen LogP contribution < -0.4 is 10.6 Å². The average Bonchev–Trinajstić information content (AvgIpc) is 2.78. The molecule has 18 heavy (non-hydrogen) atoms. The second-order valence-corrected chi connectivity index (χ2v) is 5.09. The highest BCUT2D eigenvalue weighted by Crippen LogP contribution is 2.25. The maximum absolute atomic E-state index is 12.2. The molecule has 100 valence electrons. The molecule has 1 saturated heterocycles. The molecule has 1 fully saturated rings. The van der Waals surface area contributed by atoms with Crippen LogP contribution >= 0.6 is 12.4 Å². The second-order valence-electron chi connectivity index (χ2n) is 5.09. The summed E-state index contributed by atoms with van der Waals surface area (Å²) in [5.74, 6) is 0.152. The highest BCUT2D eigenvalue weighted by Gasteiger charge is 2.36. The van der Waals surface area contributed by atoms with Crippen LogP contribution in [0.15, 0.2) is 30.3 Å². The van der Waals surface area contributed by atoms with Gasteiger partial charge in [-0.2, -0.15) is 0 Å². The lowest BCUT2D eigenvalue weighted by molar-refractivity contribution is -0.129. The fourth-order valence-corrected chi connectivity index (χ4v) is 2.21. The van der Waals surface area contributed by atoms with Crippen molar-refractivity contribution in [1.82, 2.24) is 10.6 Å². The molecule has 2 atom stereocenters. The summed E-state index contributed by atoms with van der Waals surface area (Å²) in [5, 5.41) is 6.35. The number of amides is 1. The summed E-state index contributed by atoms with van der Waals surface area (Å²) in [6.45, 7) is 5.77. The van der Waals surface area contributed by atoms with Crippen LogP contribution in [0.5, 0.6) is 0 Å². The molecular weight excluding hydrogens is 248 g/mol. The normalized spacial score (nSPS) is 24.1. The van der Waals surface area contributed by atoms with Gasteiger partial charge in [-0.3, -0.25) is 4.79 Å². The molecule has 1 aromatic carbocycles. The summed E-state index contributed by atoms with van der Waals surface area (Å²) in [6, 6.07) is 10.1. The highest BCUT2D eigenvalue weighted by atomic mass is 35.5. The quantitative estimate of drug-likeness (QED) is 0.883. The van der Waals surface area contributed by atoms with Crippen LogP contribution in [0.4, 0.5) is 0 Å². The number of hydrogen-bond acceptors (Lipinski definition) is 2. The number of hydrogen-bond donors (Lipinski definition) is 2. The van der Waals surface area contributed by atoms with Gasteiger partial charge in [0.25, 0.3) is 0 Å². The van der Waals surface area contributed by atoms with Gasteiger partial charge in [-0.1, -0.05) is 30.3 Å². The van der Waals surface area contributed by atoms with E-state index in [-0.39, 0.29) is 29.8 Å². The van der Waals surface area contributed by atoms with Crippen LogP contribution in [0.25, 0.3) is 0 Å². The molecule has 0 bridgehead atoms. The van der Waals surface area contributed by atoms with Gasteiger partial charge in [0.05, 0.1) is 11.5 Å². The van der Waals surface area contributed by atoms with E-state index in [0.717, 1.165) is 25.1 Å². The molecule has 1 aliphatic heterocycles. The first-order valence-electron chi connectivity index (χ1n) is 6.18. The van der Waals surface area contributed by atoms with Crippen molar-refractivity contribution in [1.29, 1.82) is 0 Å². The molecule has 2 N–H and O–H groups in total. The smallest absolute Gasteiger partial charge is 0.227 e. The zero-order chi connectivity index (χ0) is 12.3. The first-order chi connectivity index (χ1) is 8.12. The first kappa shape index (κ1) is 15.0. The van der Waals surface area contributed by atoms with E-state index < -0.39 is 0 Å². The molecule has 0 aromatic heterocycles. The molecule has 1 heterocycles. The van der Waals surface area contributed by atoms with Crippen LogP contribution in [0.2, 0.25) is 0 Å². The van der Waals surface area contributed by atoms with Crippen molar-refractivity contribution in [2.75, 3.05) is 13.1 Å². The first-order valence-corrected chi connectivity index (χ1v) is 6.18. The largest absolute Gasteiger partial charge is 0.349 e. The number of rotatable bonds is 3. The lowest BCUT2D eigenvalue weighted by Crippen LogP contribution is -2.41. The summed E-state index contributed by atoms with van der Waals surface area (Å²) >= 11 is 0. The van der Waals surface area contributed by atoms with Crippen molar-refractivity contribution in [3.63, 3.8) is 0 Å². The van der Waals surface area contributed by atoms with Crippen LogP contribution in [0.1, 0.15) is 31.9 Å². The van der Waals surface area contributed by atoms with Gasteiger partial charge in [0.1, 0.15) is 0 Å². The number of halogens is 1. The molecule has 0 saturated carbocycles. The van der Waals surface area contributed by atoms with E-state index in [0.29, 0.717) is 0 Å². The fraction of sp³-hybridized carbons (Fsp3) is 0.500. The van der Waals surface area contributed by atoms with E-state index in [1.165, 1.54) is 0 Å². The van der Waals surface area contributed by atoms with Crippen LogP contribution in [0.3, 0.4) is 0 Å². The molecule has 3 nitrogen and oxygen atoms in total. The zero-order valence-corrected chi connectivity index (χ0v) is 11.7. The second kappa shape index (κ2) is 6.21. The molecule has 0 aliphatic carbocycles. The van der Waals surface area contributed by atoms with Gasteiger partial charge in [-0.05, 0) is 32.4 Å². The van der Waals surface area contributed by atoms with Crippen LogP contribution in [0, 0.1) is 5.41 Å². The molecule has 1 aromatic rings. The van der Waals surface area contributed by atoms with Crippen molar-refractivity contribution in [3.05, 3.63) is 35.9 Å². The summed E-state index contributed by atoms with van der Waals surface area (Å²) in [6.07, 6.45) is 0.917. The predicted molar refractivity (Wildman–Crippen MR) is 75.8 cm³/mol. The van der Waals surface area contributed by atoms with E-state index in [1.54, 1.807) is 0 Å². The number of carbonyl (C=O) groups excluding carboxylic acids is 1. The van der Waals surface area contributed by atoms with Gasteiger partial charge in [0.15, 0.2) is 0 Å². The molecule has 0 spiro atoms. The van der Waals surface area contributed by atoms with Gasteiger partial charge < -0.3 is 10.6 Å². The summed E-state index contributed by atoms with van der Waals surface area (Å²) in [4.78, 5) is 12.2. The van der Waals surface area contributed by atoms with Crippen molar-refractivity contribution in [2.45, 2.75) is 26.3 Å². The summed E-state index contributed by atoms with van der Waals surface area (Å²) in [5.41, 5.74) is 0.902. The molecule has 4 heteroatoms. The minimum atomic E-state index is -0.247. The molecule has 1 aliphatic rings. The van der Waals surface area contributed by atoms with Gasteiger partial charge in [-0.15, -0.1) is 12.4 Å². The number of carbonyl (C=O) groups is 1. The maximum Gasteiger partial charge on any atom is 0.227 e. The minimum absolute atomic E-state index is 0. The van der Waals surface area contributed by atoms with E-state index in [4.69, 9.17) is 0 Å². The van der Waals surface area contributed by atoms with Crippen molar-refractivity contribution in [3.8, 4) is 0 Å². The Labute approximate surface area is 115 Å². The van der Waals surface area contributed by atoms with E-state index in [1.807, 2.05) is 44.2 Å². The molecule has 2 unspecified atom stereocenters. The minimum Gasteiger partial charge on any atom is -0.349 e. The van der Waals surface area contributed by atoms with Crippen molar-refractivity contribution in [2.24, 2.45) is 5.41 Å². The van der Waals surface area contributed by atoms with Crippen molar-refractivity contribution < 1.29 is 4.79 Å². The van der Waals surface area contributed by atoms with Crippen molar-refractivity contribution >= 4 is 18.3 Å². The van der Waals surface area contributed by atoms with E-state index in [9.17, 15) is 4.79 Å². The predicted octanol–water partition coefficient (Wildman–Crippen LogP) is 2.29. The Kier molecular flexibility index (Phi) is 5.17. The van der Waals surface area contributed by atoms with Gasteiger partial charge in [0, 0.05) is 6.54 Å². The topological polar surface area (TPSA) is 41.1 Å². The monoisotopic (exact) mass is 268 g/mol. The lowest BCUT2D eigenvalue weighted by atomic mass is 9.88.